The van der Waals surface area contributed by atoms with Crippen molar-refractivity contribution < 1.29 is 17.9 Å². The number of rotatable bonds is 4. The zero-order valence-electron chi connectivity index (χ0n) is 15.7. The topological polar surface area (TPSA) is 70.2 Å². The second-order valence-corrected chi connectivity index (χ2v) is 9.48. The number of amides is 1. The minimum absolute atomic E-state index is 0.0373. The Morgan fingerprint density at radius 3 is 2.30 bits per heavy atom. The van der Waals surface area contributed by atoms with E-state index in [0.717, 1.165) is 0 Å². The lowest BCUT2D eigenvalue weighted by molar-refractivity contribution is -0.144. The summed E-state index contributed by atoms with van der Waals surface area (Å²) in [4.78, 5) is 16.6. The van der Waals surface area contributed by atoms with Gasteiger partial charge in [-0.05, 0) is 26.0 Å². The quantitative estimate of drug-likeness (QED) is 0.741. The number of sulfonamides is 1. The highest BCUT2D eigenvalue weighted by molar-refractivity contribution is 7.89. The smallest absolute Gasteiger partial charge is 0.244 e. The molecule has 0 aromatic heterocycles. The Kier molecular flexibility index (Phi) is 6.43. The van der Waals surface area contributed by atoms with Crippen LogP contribution in [0.4, 0.5) is 0 Å². The molecule has 2 atom stereocenters. The molecule has 0 radical (unpaired) electrons. The van der Waals surface area contributed by atoms with Crippen molar-refractivity contribution in [2.75, 3.05) is 45.8 Å². The fourth-order valence-electron chi connectivity index (χ4n) is 3.59. The van der Waals surface area contributed by atoms with Crippen LogP contribution in [0.2, 0.25) is 5.02 Å². The van der Waals surface area contributed by atoms with Gasteiger partial charge in [-0.1, -0.05) is 23.7 Å². The molecular formula is C18H26ClN3O4S. The number of carbonyl (C=O) groups excluding carboxylic acids is 1. The predicted molar refractivity (Wildman–Crippen MR) is 103 cm³/mol. The van der Waals surface area contributed by atoms with Gasteiger partial charge in [0.05, 0.1) is 23.8 Å². The van der Waals surface area contributed by atoms with Crippen LogP contribution in [-0.2, 0) is 19.6 Å². The summed E-state index contributed by atoms with van der Waals surface area (Å²) in [5.74, 6) is 0.0689. The molecule has 0 bridgehead atoms. The molecule has 2 saturated heterocycles. The van der Waals surface area contributed by atoms with Gasteiger partial charge in [-0.25, -0.2) is 8.42 Å². The van der Waals surface area contributed by atoms with Crippen LogP contribution in [0.25, 0.3) is 0 Å². The second kappa shape index (κ2) is 8.45. The lowest BCUT2D eigenvalue weighted by Gasteiger charge is -2.38. The Bertz CT molecular complexity index is 771. The van der Waals surface area contributed by atoms with Crippen molar-refractivity contribution in [2.24, 2.45) is 0 Å². The third-order valence-corrected chi connectivity index (χ3v) is 7.32. The number of halogens is 1. The van der Waals surface area contributed by atoms with Crippen molar-refractivity contribution in [3.05, 3.63) is 29.3 Å². The first-order chi connectivity index (χ1) is 12.8. The van der Waals surface area contributed by atoms with Gasteiger partial charge in [0.2, 0.25) is 15.9 Å². The van der Waals surface area contributed by atoms with Crippen LogP contribution in [0.1, 0.15) is 13.8 Å². The van der Waals surface area contributed by atoms with Crippen LogP contribution >= 0.6 is 11.6 Å². The highest BCUT2D eigenvalue weighted by Gasteiger charge is 2.32. The number of hydrogen-bond donors (Lipinski definition) is 0. The van der Waals surface area contributed by atoms with Crippen LogP contribution < -0.4 is 0 Å². The molecule has 0 aliphatic carbocycles. The molecular weight excluding hydrogens is 390 g/mol. The Morgan fingerprint density at radius 2 is 1.70 bits per heavy atom. The number of carbonyl (C=O) groups is 1. The van der Waals surface area contributed by atoms with E-state index in [-0.39, 0.29) is 28.0 Å². The third-order valence-electron chi connectivity index (χ3n) is 4.92. The first-order valence-electron chi connectivity index (χ1n) is 9.17. The summed E-state index contributed by atoms with van der Waals surface area (Å²) < 4.78 is 32.7. The summed E-state index contributed by atoms with van der Waals surface area (Å²) >= 11 is 6.06. The molecule has 1 aromatic carbocycles. The zero-order valence-corrected chi connectivity index (χ0v) is 17.2. The molecule has 2 heterocycles. The fraction of sp³-hybridized carbons (Fsp3) is 0.611. The molecule has 27 heavy (non-hydrogen) atoms. The van der Waals surface area contributed by atoms with Crippen LogP contribution in [0.15, 0.2) is 29.2 Å². The van der Waals surface area contributed by atoms with E-state index in [0.29, 0.717) is 45.8 Å². The van der Waals surface area contributed by atoms with Gasteiger partial charge in [-0.15, -0.1) is 0 Å². The fourth-order valence-corrected chi connectivity index (χ4v) is 5.51. The van der Waals surface area contributed by atoms with E-state index in [1.807, 2.05) is 23.6 Å². The lowest BCUT2D eigenvalue weighted by Crippen LogP contribution is -2.54. The number of piperazine rings is 1. The summed E-state index contributed by atoms with van der Waals surface area (Å²) in [6.07, 6.45) is 0.0747. The van der Waals surface area contributed by atoms with E-state index < -0.39 is 10.0 Å². The van der Waals surface area contributed by atoms with Crippen LogP contribution in [0.5, 0.6) is 0 Å². The van der Waals surface area contributed by atoms with Crippen molar-refractivity contribution in [1.29, 1.82) is 0 Å². The summed E-state index contributed by atoms with van der Waals surface area (Å²) in [7, 11) is -3.62. The number of morpholine rings is 1. The van der Waals surface area contributed by atoms with Gasteiger partial charge in [0.1, 0.15) is 4.90 Å². The van der Waals surface area contributed by atoms with E-state index in [4.69, 9.17) is 16.3 Å². The van der Waals surface area contributed by atoms with Crippen LogP contribution in [0.3, 0.4) is 0 Å². The average molecular weight is 416 g/mol. The Labute approximate surface area is 165 Å². The molecule has 9 heteroatoms. The molecule has 1 amide bonds. The molecule has 3 rings (SSSR count). The Morgan fingerprint density at radius 1 is 1.11 bits per heavy atom. The number of benzene rings is 1. The van der Waals surface area contributed by atoms with Gasteiger partial charge < -0.3 is 9.64 Å². The second-order valence-electron chi connectivity index (χ2n) is 7.17. The van der Waals surface area contributed by atoms with Crippen LogP contribution in [0, 0.1) is 0 Å². The molecule has 0 unspecified atom stereocenters. The predicted octanol–water partition coefficient (Wildman–Crippen LogP) is 1.28. The standard InChI is InChI=1S/C18H26ClN3O4S/c1-14-11-21(12-15(2)26-14)18(23)13-20-7-9-22(10-8-20)27(24,25)17-6-4-3-5-16(17)19/h3-6,14-15H,7-13H2,1-2H3/t14-,15-/m0/s1. The summed E-state index contributed by atoms with van der Waals surface area (Å²) in [6, 6.07) is 6.47. The van der Waals surface area contributed by atoms with Crippen molar-refractivity contribution in [1.82, 2.24) is 14.1 Å². The lowest BCUT2D eigenvalue weighted by atomic mass is 10.2. The monoisotopic (exact) mass is 415 g/mol. The first-order valence-corrected chi connectivity index (χ1v) is 11.0. The van der Waals surface area contributed by atoms with Gasteiger partial charge in [-0.3, -0.25) is 9.69 Å². The van der Waals surface area contributed by atoms with Crippen molar-refractivity contribution in [2.45, 2.75) is 31.0 Å². The van der Waals surface area contributed by atoms with E-state index >= 15 is 0 Å². The average Bonchev–Trinajstić information content (AvgIpc) is 2.61. The Balaban J connectivity index is 1.56. The van der Waals surface area contributed by atoms with E-state index in [1.54, 1.807) is 18.2 Å². The Hall–Kier alpha value is -1.19. The highest BCUT2D eigenvalue weighted by Crippen LogP contribution is 2.25. The van der Waals surface area contributed by atoms with Gasteiger partial charge in [0.15, 0.2) is 0 Å². The van der Waals surface area contributed by atoms with E-state index in [9.17, 15) is 13.2 Å². The van der Waals surface area contributed by atoms with Gasteiger partial charge in [0, 0.05) is 39.3 Å². The molecule has 150 valence electrons. The maximum Gasteiger partial charge on any atom is 0.244 e. The molecule has 2 fully saturated rings. The van der Waals surface area contributed by atoms with Crippen molar-refractivity contribution >= 4 is 27.5 Å². The normalized spacial score (nSPS) is 25.5. The van der Waals surface area contributed by atoms with Gasteiger partial charge in [0.25, 0.3) is 0 Å². The minimum atomic E-state index is -3.62. The maximum atomic E-state index is 12.8. The SMILES string of the molecule is C[C@H]1CN(C(=O)CN2CCN(S(=O)(=O)c3ccccc3Cl)CC2)C[C@H](C)O1. The van der Waals surface area contributed by atoms with Crippen molar-refractivity contribution in [3.8, 4) is 0 Å². The van der Waals surface area contributed by atoms with Crippen molar-refractivity contribution in [3.63, 3.8) is 0 Å². The number of hydrogen-bond acceptors (Lipinski definition) is 5. The number of ether oxygens (including phenoxy) is 1. The molecule has 0 N–H and O–H groups in total. The van der Waals surface area contributed by atoms with Gasteiger partial charge >= 0.3 is 0 Å². The highest BCUT2D eigenvalue weighted by atomic mass is 35.5. The summed E-state index contributed by atoms with van der Waals surface area (Å²) in [5.41, 5.74) is 0. The van der Waals surface area contributed by atoms with E-state index in [2.05, 4.69) is 0 Å². The molecule has 2 aliphatic rings. The number of nitrogens with zero attached hydrogens (tertiary/aromatic N) is 3. The maximum absolute atomic E-state index is 12.8. The molecule has 7 nitrogen and oxygen atoms in total. The largest absolute Gasteiger partial charge is 0.372 e. The first kappa shape index (κ1) is 20.5. The van der Waals surface area contributed by atoms with Crippen LogP contribution in [-0.4, -0.2) is 86.5 Å². The molecule has 1 aromatic rings. The zero-order chi connectivity index (χ0) is 19.6. The molecule has 0 spiro atoms. The minimum Gasteiger partial charge on any atom is -0.372 e. The summed E-state index contributed by atoms with van der Waals surface area (Å²) in [5, 5.41) is 0.227. The molecule has 2 aliphatic heterocycles. The summed E-state index contributed by atoms with van der Waals surface area (Å²) in [6.45, 7) is 7.17. The van der Waals surface area contributed by atoms with E-state index in [1.165, 1.54) is 10.4 Å². The third kappa shape index (κ3) is 4.81. The van der Waals surface area contributed by atoms with Gasteiger partial charge in [-0.2, -0.15) is 4.31 Å². The molecule has 0 saturated carbocycles.